The fraction of sp³-hybridized carbons (Fsp3) is 0.467. The van der Waals surface area contributed by atoms with Crippen molar-refractivity contribution in [2.75, 3.05) is 0 Å². The summed E-state index contributed by atoms with van der Waals surface area (Å²) in [6.07, 6.45) is 2.95. The Balaban J connectivity index is 1.83. The lowest BCUT2D eigenvalue weighted by Gasteiger charge is -2.24. The molecule has 1 aliphatic rings. The van der Waals surface area contributed by atoms with Gasteiger partial charge >= 0.3 is 5.97 Å². The van der Waals surface area contributed by atoms with E-state index in [9.17, 15) is 4.79 Å². The van der Waals surface area contributed by atoms with E-state index >= 15 is 0 Å². The van der Waals surface area contributed by atoms with Crippen LogP contribution in [0.2, 0.25) is 0 Å². The lowest BCUT2D eigenvalue weighted by molar-refractivity contribution is -0.137. The summed E-state index contributed by atoms with van der Waals surface area (Å²) in [4.78, 5) is 10.9. The smallest absolute Gasteiger partial charge is 0.305 e. The van der Waals surface area contributed by atoms with Crippen LogP contribution in [-0.4, -0.2) is 31.3 Å². The van der Waals surface area contributed by atoms with Crippen molar-refractivity contribution < 1.29 is 9.90 Å². The number of aliphatic carboxylic acids is 1. The van der Waals surface area contributed by atoms with Crippen molar-refractivity contribution in [3.63, 3.8) is 0 Å². The first-order valence-electron chi connectivity index (χ1n) is 7.21. The SMILES string of the molecule is CC(CC(=O)O)n1nnnc1C1CCc2ccccc2C1. The van der Waals surface area contributed by atoms with Crippen LogP contribution in [0.25, 0.3) is 0 Å². The molecule has 0 saturated carbocycles. The zero-order chi connectivity index (χ0) is 14.8. The second kappa shape index (κ2) is 5.63. The molecule has 0 spiro atoms. The van der Waals surface area contributed by atoms with Gasteiger partial charge in [0.15, 0.2) is 5.82 Å². The van der Waals surface area contributed by atoms with Crippen molar-refractivity contribution in [3.05, 3.63) is 41.2 Å². The number of fused-ring (bicyclic) bond motifs is 1. The molecule has 6 nitrogen and oxygen atoms in total. The first kappa shape index (κ1) is 13.7. The van der Waals surface area contributed by atoms with Gasteiger partial charge in [0.25, 0.3) is 0 Å². The van der Waals surface area contributed by atoms with E-state index in [4.69, 9.17) is 5.11 Å². The minimum atomic E-state index is -0.835. The van der Waals surface area contributed by atoms with E-state index in [0.29, 0.717) is 0 Å². The first-order valence-corrected chi connectivity index (χ1v) is 7.21. The summed E-state index contributed by atoms with van der Waals surface area (Å²) in [6.45, 7) is 1.84. The van der Waals surface area contributed by atoms with Gasteiger partial charge in [0.1, 0.15) is 0 Å². The number of aryl methyl sites for hydroxylation is 1. The number of tetrazole rings is 1. The van der Waals surface area contributed by atoms with Gasteiger partial charge in [0.05, 0.1) is 12.5 Å². The lowest BCUT2D eigenvalue weighted by Crippen LogP contribution is -2.21. The van der Waals surface area contributed by atoms with Crippen molar-refractivity contribution in [3.8, 4) is 0 Å². The third kappa shape index (κ3) is 2.79. The number of aromatic nitrogens is 4. The second-order valence-electron chi connectivity index (χ2n) is 5.64. The molecular weight excluding hydrogens is 268 g/mol. The average Bonchev–Trinajstić information content (AvgIpc) is 2.95. The Bertz CT molecular complexity index is 653. The highest BCUT2D eigenvalue weighted by Gasteiger charge is 2.26. The Morgan fingerprint density at radius 1 is 1.43 bits per heavy atom. The summed E-state index contributed by atoms with van der Waals surface area (Å²) in [5.74, 6) is 0.224. The van der Waals surface area contributed by atoms with Gasteiger partial charge in [-0.2, -0.15) is 0 Å². The van der Waals surface area contributed by atoms with Gasteiger partial charge in [-0.3, -0.25) is 4.79 Å². The molecule has 1 aromatic carbocycles. The highest BCUT2D eigenvalue weighted by molar-refractivity contribution is 5.67. The van der Waals surface area contributed by atoms with Crippen LogP contribution >= 0.6 is 0 Å². The van der Waals surface area contributed by atoms with Crippen LogP contribution in [0.15, 0.2) is 24.3 Å². The summed E-state index contributed by atoms with van der Waals surface area (Å²) >= 11 is 0. The largest absolute Gasteiger partial charge is 0.481 e. The van der Waals surface area contributed by atoms with Crippen molar-refractivity contribution >= 4 is 5.97 Å². The molecule has 1 heterocycles. The molecule has 2 unspecified atom stereocenters. The maximum absolute atomic E-state index is 10.9. The van der Waals surface area contributed by atoms with Crippen molar-refractivity contribution in [2.24, 2.45) is 0 Å². The molecule has 2 aromatic rings. The van der Waals surface area contributed by atoms with Gasteiger partial charge in [-0.25, -0.2) is 4.68 Å². The van der Waals surface area contributed by atoms with Crippen molar-refractivity contribution in [1.29, 1.82) is 0 Å². The van der Waals surface area contributed by atoms with Gasteiger partial charge < -0.3 is 5.11 Å². The number of hydrogen-bond donors (Lipinski definition) is 1. The third-order valence-corrected chi connectivity index (χ3v) is 4.12. The van der Waals surface area contributed by atoms with Crippen LogP contribution in [0.3, 0.4) is 0 Å². The van der Waals surface area contributed by atoms with Crippen molar-refractivity contribution in [2.45, 2.75) is 44.6 Å². The second-order valence-corrected chi connectivity index (χ2v) is 5.64. The Labute approximate surface area is 122 Å². The van der Waals surface area contributed by atoms with Crippen LogP contribution in [-0.2, 0) is 17.6 Å². The third-order valence-electron chi connectivity index (χ3n) is 4.12. The van der Waals surface area contributed by atoms with Gasteiger partial charge in [-0.15, -0.1) is 5.10 Å². The zero-order valence-corrected chi connectivity index (χ0v) is 11.9. The summed E-state index contributed by atoms with van der Waals surface area (Å²) < 4.78 is 1.67. The Morgan fingerprint density at radius 2 is 2.19 bits per heavy atom. The van der Waals surface area contributed by atoms with Crippen LogP contribution in [0.4, 0.5) is 0 Å². The molecule has 0 bridgehead atoms. The highest BCUT2D eigenvalue weighted by atomic mass is 16.4. The lowest BCUT2D eigenvalue weighted by atomic mass is 9.83. The minimum absolute atomic E-state index is 0.0291. The standard InChI is InChI=1S/C15H18N4O2/c1-10(8-14(20)21)19-15(16-17-18-19)13-7-6-11-4-2-3-5-12(11)9-13/h2-5,10,13H,6-9H2,1H3,(H,20,21). The molecular formula is C15H18N4O2. The van der Waals surface area contributed by atoms with Gasteiger partial charge in [-0.05, 0) is 47.7 Å². The van der Waals surface area contributed by atoms with Crippen LogP contribution in [0.5, 0.6) is 0 Å². The predicted octanol–water partition coefficient (Wildman–Crippen LogP) is 1.98. The summed E-state index contributed by atoms with van der Waals surface area (Å²) in [5, 5.41) is 20.8. The molecule has 1 aromatic heterocycles. The van der Waals surface area contributed by atoms with E-state index in [1.165, 1.54) is 11.1 Å². The molecule has 0 radical (unpaired) electrons. The molecule has 1 aliphatic carbocycles. The molecule has 6 heteroatoms. The first-order chi connectivity index (χ1) is 10.1. The molecule has 1 N–H and O–H groups in total. The van der Waals surface area contributed by atoms with E-state index in [0.717, 1.165) is 25.1 Å². The average molecular weight is 286 g/mol. The van der Waals surface area contributed by atoms with E-state index in [-0.39, 0.29) is 18.4 Å². The highest BCUT2D eigenvalue weighted by Crippen LogP contribution is 2.32. The number of carbonyl (C=O) groups is 1. The summed E-state index contributed by atoms with van der Waals surface area (Å²) in [6, 6.07) is 8.21. The van der Waals surface area contributed by atoms with E-state index < -0.39 is 5.97 Å². The number of carboxylic acid groups (broad SMARTS) is 1. The zero-order valence-electron chi connectivity index (χ0n) is 11.9. The van der Waals surface area contributed by atoms with E-state index in [1.54, 1.807) is 4.68 Å². The molecule has 0 fully saturated rings. The van der Waals surface area contributed by atoms with Crippen LogP contribution in [0, 0.1) is 0 Å². The molecule has 0 saturated heterocycles. The minimum Gasteiger partial charge on any atom is -0.481 e. The number of benzene rings is 1. The predicted molar refractivity (Wildman–Crippen MR) is 76.0 cm³/mol. The Morgan fingerprint density at radius 3 is 2.95 bits per heavy atom. The maximum Gasteiger partial charge on any atom is 0.305 e. The van der Waals surface area contributed by atoms with Gasteiger partial charge in [0.2, 0.25) is 0 Å². The van der Waals surface area contributed by atoms with E-state index in [2.05, 4.69) is 39.8 Å². The summed E-state index contributed by atoms with van der Waals surface area (Å²) in [7, 11) is 0. The van der Waals surface area contributed by atoms with Gasteiger partial charge in [-0.1, -0.05) is 24.3 Å². The maximum atomic E-state index is 10.9. The number of rotatable bonds is 4. The topological polar surface area (TPSA) is 80.9 Å². The molecule has 0 amide bonds. The Kier molecular flexibility index (Phi) is 3.68. The van der Waals surface area contributed by atoms with E-state index in [1.807, 2.05) is 6.92 Å². The number of nitrogens with zero attached hydrogens (tertiary/aromatic N) is 4. The molecule has 3 rings (SSSR count). The number of carboxylic acids is 1. The summed E-state index contributed by atoms with van der Waals surface area (Å²) in [5.41, 5.74) is 2.74. The monoisotopic (exact) mass is 286 g/mol. The molecule has 21 heavy (non-hydrogen) atoms. The normalized spacial score (nSPS) is 19.0. The van der Waals surface area contributed by atoms with Crippen molar-refractivity contribution in [1.82, 2.24) is 20.2 Å². The number of hydrogen-bond acceptors (Lipinski definition) is 4. The van der Waals surface area contributed by atoms with Crippen LogP contribution < -0.4 is 0 Å². The fourth-order valence-corrected chi connectivity index (χ4v) is 3.04. The van der Waals surface area contributed by atoms with Crippen LogP contribution in [0.1, 0.15) is 48.7 Å². The quantitative estimate of drug-likeness (QED) is 0.929. The van der Waals surface area contributed by atoms with Gasteiger partial charge in [0, 0.05) is 5.92 Å². The molecule has 110 valence electrons. The molecule has 0 aliphatic heterocycles. The fourth-order valence-electron chi connectivity index (χ4n) is 3.04. The Hall–Kier alpha value is -2.24. The molecule has 2 atom stereocenters.